The van der Waals surface area contributed by atoms with E-state index in [-0.39, 0.29) is 30.0 Å². The predicted octanol–water partition coefficient (Wildman–Crippen LogP) is 3.09. The van der Waals surface area contributed by atoms with Crippen LogP contribution in [0.1, 0.15) is 44.0 Å². The summed E-state index contributed by atoms with van der Waals surface area (Å²) in [6.45, 7) is 7.54. The van der Waals surface area contributed by atoms with Gasteiger partial charge in [-0.2, -0.15) is 0 Å². The summed E-state index contributed by atoms with van der Waals surface area (Å²) in [4.78, 5) is 36.1. The maximum absolute atomic E-state index is 12.4. The molecule has 180 valence electrons. The molecule has 0 atom stereocenters. The Labute approximate surface area is 202 Å². The smallest absolute Gasteiger partial charge is 0.253 e. The molecule has 9 nitrogen and oxygen atoms in total. The number of pyridine rings is 1. The number of aliphatic hydroxyl groups is 1. The third-order valence-corrected chi connectivity index (χ3v) is 6.43. The van der Waals surface area contributed by atoms with Crippen molar-refractivity contribution in [3.63, 3.8) is 0 Å². The van der Waals surface area contributed by atoms with Gasteiger partial charge in [0.05, 0.1) is 23.9 Å². The maximum Gasteiger partial charge on any atom is 0.253 e. The first kappa shape index (κ1) is 23.9. The molecule has 3 aromatic heterocycles. The highest BCUT2D eigenvalue weighted by Gasteiger charge is 2.19. The van der Waals surface area contributed by atoms with E-state index in [1.54, 1.807) is 12.3 Å². The normalized spacial score (nSPS) is 14.8. The van der Waals surface area contributed by atoms with Crippen molar-refractivity contribution in [3.05, 3.63) is 47.6 Å². The van der Waals surface area contributed by atoms with Crippen LogP contribution in [0.5, 0.6) is 0 Å². The molecule has 0 saturated carbocycles. The fourth-order valence-corrected chi connectivity index (χ4v) is 4.38. The number of carbonyl (C=O) groups is 2. The summed E-state index contributed by atoms with van der Waals surface area (Å²) < 4.78 is 1.96. The zero-order chi connectivity index (χ0) is 24.3. The zero-order valence-corrected chi connectivity index (χ0v) is 20.4. The van der Waals surface area contributed by atoms with E-state index in [0.29, 0.717) is 16.4 Å². The summed E-state index contributed by atoms with van der Waals surface area (Å²) in [6, 6.07) is 7.50. The number of anilines is 2. The molecule has 1 aliphatic rings. The van der Waals surface area contributed by atoms with Crippen LogP contribution in [0.4, 0.5) is 10.9 Å². The van der Waals surface area contributed by atoms with Crippen LogP contribution in [0.2, 0.25) is 0 Å². The van der Waals surface area contributed by atoms with Crippen LogP contribution >= 0.6 is 11.3 Å². The van der Waals surface area contributed by atoms with Gasteiger partial charge < -0.3 is 25.2 Å². The Kier molecular flexibility index (Phi) is 6.99. The van der Waals surface area contributed by atoms with E-state index in [1.165, 1.54) is 11.3 Å². The molecule has 4 rings (SSSR count). The lowest BCUT2D eigenvalue weighted by Gasteiger charge is -2.30. The second kappa shape index (κ2) is 9.94. The van der Waals surface area contributed by atoms with Gasteiger partial charge >= 0.3 is 0 Å². The number of hydrogen-bond donors (Lipinski definition) is 3. The summed E-state index contributed by atoms with van der Waals surface area (Å²) in [5, 5.41) is 17.4. The van der Waals surface area contributed by atoms with Crippen molar-refractivity contribution in [2.45, 2.75) is 45.3 Å². The van der Waals surface area contributed by atoms with Crippen molar-refractivity contribution >= 4 is 34.1 Å². The Bertz CT molecular complexity index is 1160. The Hall–Kier alpha value is -3.24. The first-order valence-corrected chi connectivity index (χ1v) is 12.2. The number of aromatic nitrogens is 3. The second-order valence-electron chi connectivity index (χ2n) is 9.35. The van der Waals surface area contributed by atoms with Gasteiger partial charge in [0.2, 0.25) is 5.91 Å². The van der Waals surface area contributed by atoms with Gasteiger partial charge in [-0.1, -0.05) is 6.07 Å². The Morgan fingerprint density at radius 3 is 2.62 bits per heavy atom. The molecule has 10 heteroatoms. The second-order valence-corrected chi connectivity index (χ2v) is 10.2. The van der Waals surface area contributed by atoms with Gasteiger partial charge in [0.15, 0.2) is 5.13 Å². The molecule has 3 N–H and O–H groups in total. The molecule has 0 bridgehead atoms. The fraction of sp³-hybridized carbons (Fsp3) is 0.417. The summed E-state index contributed by atoms with van der Waals surface area (Å²) in [6.07, 6.45) is 4.85. The van der Waals surface area contributed by atoms with Crippen LogP contribution in [-0.2, 0) is 10.3 Å². The van der Waals surface area contributed by atoms with Gasteiger partial charge in [0, 0.05) is 36.4 Å². The van der Waals surface area contributed by atoms with E-state index in [0.717, 1.165) is 37.4 Å². The van der Waals surface area contributed by atoms with Crippen molar-refractivity contribution in [2.75, 3.05) is 29.9 Å². The van der Waals surface area contributed by atoms with E-state index in [1.807, 2.05) is 34.3 Å². The van der Waals surface area contributed by atoms with Crippen LogP contribution < -0.4 is 15.5 Å². The average Bonchev–Trinajstić information content (AvgIpc) is 3.48. The molecular weight excluding hydrogens is 452 g/mol. The Morgan fingerprint density at radius 2 is 1.91 bits per heavy atom. The zero-order valence-electron chi connectivity index (χ0n) is 19.6. The highest BCUT2D eigenvalue weighted by Crippen LogP contribution is 2.26. The summed E-state index contributed by atoms with van der Waals surface area (Å²) in [7, 11) is 0. The average molecular weight is 483 g/mol. The molecule has 1 saturated heterocycles. The lowest BCUT2D eigenvalue weighted by atomic mass is 10.1. The molecule has 1 fully saturated rings. The van der Waals surface area contributed by atoms with Crippen molar-refractivity contribution in [1.29, 1.82) is 0 Å². The number of aliphatic hydroxyl groups excluding tert-OH is 1. The number of thiazole rings is 1. The van der Waals surface area contributed by atoms with E-state index in [2.05, 4.69) is 41.3 Å². The van der Waals surface area contributed by atoms with E-state index in [9.17, 15) is 14.7 Å². The van der Waals surface area contributed by atoms with Crippen molar-refractivity contribution in [3.8, 4) is 11.4 Å². The number of carbonyl (C=O) groups excluding carboxylic acids is 2. The van der Waals surface area contributed by atoms with E-state index in [4.69, 9.17) is 4.98 Å². The molecular formula is C24H30N6O3S. The highest BCUT2D eigenvalue weighted by atomic mass is 32.1. The van der Waals surface area contributed by atoms with Crippen LogP contribution in [-0.4, -0.2) is 57.2 Å². The molecule has 4 heterocycles. The quantitative estimate of drug-likeness (QED) is 0.498. The molecule has 0 spiro atoms. The van der Waals surface area contributed by atoms with Crippen LogP contribution in [0.25, 0.3) is 11.4 Å². The first-order chi connectivity index (χ1) is 16.2. The highest BCUT2D eigenvalue weighted by molar-refractivity contribution is 7.14. The fourth-order valence-electron chi connectivity index (χ4n) is 3.66. The number of nitrogens with one attached hydrogen (secondary N) is 2. The molecule has 34 heavy (non-hydrogen) atoms. The van der Waals surface area contributed by atoms with E-state index < -0.39 is 0 Å². The maximum atomic E-state index is 12.4. The summed E-state index contributed by atoms with van der Waals surface area (Å²) in [5.41, 5.74) is 1.78. The third-order valence-electron chi connectivity index (χ3n) is 5.67. The lowest BCUT2D eigenvalue weighted by Crippen LogP contribution is -2.36. The molecule has 3 aromatic rings. The van der Waals surface area contributed by atoms with Crippen LogP contribution in [0.3, 0.4) is 0 Å². The molecule has 0 aliphatic carbocycles. The molecule has 0 radical (unpaired) electrons. The number of piperidine rings is 1. The minimum absolute atomic E-state index is 0.122. The third kappa shape index (κ3) is 5.81. The molecule has 2 amide bonds. The van der Waals surface area contributed by atoms with Gasteiger partial charge in [-0.05, 0) is 51.8 Å². The Morgan fingerprint density at radius 1 is 1.15 bits per heavy atom. The minimum Gasteiger partial charge on any atom is -0.393 e. The lowest BCUT2D eigenvalue weighted by molar-refractivity contribution is -0.115. The number of amides is 2. The van der Waals surface area contributed by atoms with Gasteiger partial charge in [-0.25, -0.2) is 9.97 Å². The molecule has 0 unspecified atom stereocenters. The summed E-state index contributed by atoms with van der Waals surface area (Å²) in [5.74, 6) is 0.202. The number of nitrogens with zero attached hydrogens (tertiary/aromatic N) is 4. The Balaban J connectivity index is 1.32. The van der Waals surface area contributed by atoms with Gasteiger partial charge in [-0.3, -0.25) is 9.59 Å². The first-order valence-electron chi connectivity index (χ1n) is 11.3. The van der Waals surface area contributed by atoms with Gasteiger partial charge in [0.25, 0.3) is 5.91 Å². The number of rotatable bonds is 6. The summed E-state index contributed by atoms with van der Waals surface area (Å²) >= 11 is 1.31. The van der Waals surface area contributed by atoms with Crippen molar-refractivity contribution in [1.82, 2.24) is 19.9 Å². The van der Waals surface area contributed by atoms with Crippen LogP contribution in [0.15, 0.2) is 42.0 Å². The monoisotopic (exact) mass is 482 g/mol. The van der Waals surface area contributed by atoms with Crippen molar-refractivity contribution < 1.29 is 14.7 Å². The molecule has 1 aliphatic heterocycles. The standard InChI is InChI=1S/C24H30N6O3S/c1-24(2,3)30-12-7-16(14-30)22(33)25-13-21(32)28-23-27-19(15-34-23)18-5-4-6-20(26-18)29-10-8-17(31)9-11-29/h4-7,12,14-15,17,31H,8-11,13H2,1-3H3,(H,25,33)(H,27,28,32). The largest absolute Gasteiger partial charge is 0.393 e. The predicted molar refractivity (Wildman–Crippen MR) is 133 cm³/mol. The van der Waals surface area contributed by atoms with E-state index >= 15 is 0 Å². The van der Waals surface area contributed by atoms with Gasteiger partial charge in [-0.15, -0.1) is 11.3 Å². The number of hydrogen-bond acceptors (Lipinski definition) is 7. The molecule has 0 aromatic carbocycles. The topological polar surface area (TPSA) is 112 Å². The SMILES string of the molecule is CC(C)(C)n1ccc(C(=O)NCC(=O)Nc2nc(-c3cccc(N4CCC(O)CC4)n3)cs2)c1. The minimum atomic E-state index is -0.349. The van der Waals surface area contributed by atoms with Crippen LogP contribution in [0, 0.1) is 0 Å². The van der Waals surface area contributed by atoms with Gasteiger partial charge in [0.1, 0.15) is 11.5 Å². The van der Waals surface area contributed by atoms with Crippen molar-refractivity contribution in [2.24, 2.45) is 0 Å².